The number of hydrogen-bond donors (Lipinski definition) is 2. The summed E-state index contributed by atoms with van der Waals surface area (Å²) in [4.78, 5) is 30.3. The topological polar surface area (TPSA) is 95.0 Å². The van der Waals surface area contributed by atoms with Crippen LogP contribution in [0, 0.1) is 0 Å². The molecule has 0 saturated carbocycles. The number of rotatable bonds is 3. The standard InChI is InChI=1S/C17H17N5O2/c23-17(24)11-4-5-12-13(10-11)21-16(22-8-2-1-3-9-22)14(20-12)15-18-6-7-19-15/h4-7,10H,1-3,8-9H2,(H,18,19)(H,23,24). The maximum absolute atomic E-state index is 11.2. The van der Waals surface area contributed by atoms with Crippen molar-refractivity contribution in [1.29, 1.82) is 0 Å². The van der Waals surface area contributed by atoms with E-state index in [1.54, 1.807) is 30.6 Å². The van der Waals surface area contributed by atoms with Crippen LogP contribution in [0.3, 0.4) is 0 Å². The second-order valence-electron chi connectivity index (χ2n) is 5.89. The number of carboxylic acid groups (broad SMARTS) is 1. The Balaban J connectivity index is 1.90. The lowest BCUT2D eigenvalue weighted by molar-refractivity contribution is 0.0697. The van der Waals surface area contributed by atoms with Gasteiger partial charge in [0, 0.05) is 25.5 Å². The molecule has 7 heteroatoms. The van der Waals surface area contributed by atoms with Crippen LogP contribution in [0.4, 0.5) is 5.82 Å². The van der Waals surface area contributed by atoms with E-state index in [1.165, 1.54) is 6.42 Å². The highest BCUT2D eigenvalue weighted by molar-refractivity contribution is 5.93. The first-order valence-electron chi connectivity index (χ1n) is 8.02. The Kier molecular flexibility index (Phi) is 3.60. The van der Waals surface area contributed by atoms with Crippen LogP contribution in [-0.4, -0.2) is 44.1 Å². The van der Waals surface area contributed by atoms with Crippen LogP contribution in [0.1, 0.15) is 29.6 Å². The van der Waals surface area contributed by atoms with E-state index < -0.39 is 5.97 Å². The van der Waals surface area contributed by atoms with E-state index in [2.05, 4.69) is 14.9 Å². The predicted octanol–water partition coefficient (Wildman–Crippen LogP) is 2.71. The van der Waals surface area contributed by atoms with Crippen molar-refractivity contribution in [2.45, 2.75) is 19.3 Å². The van der Waals surface area contributed by atoms with E-state index in [1.807, 2.05) is 0 Å². The first-order valence-corrected chi connectivity index (χ1v) is 8.02. The van der Waals surface area contributed by atoms with Gasteiger partial charge in [-0.3, -0.25) is 0 Å². The third-order valence-corrected chi connectivity index (χ3v) is 4.27. The molecule has 3 aromatic rings. The van der Waals surface area contributed by atoms with Crippen LogP contribution in [0.25, 0.3) is 22.6 Å². The summed E-state index contributed by atoms with van der Waals surface area (Å²) in [6.07, 6.45) is 6.90. The number of nitrogens with zero attached hydrogens (tertiary/aromatic N) is 4. The number of piperidine rings is 1. The van der Waals surface area contributed by atoms with Crippen molar-refractivity contribution < 1.29 is 9.90 Å². The fourth-order valence-corrected chi connectivity index (χ4v) is 3.06. The lowest BCUT2D eigenvalue weighted by Gasteiger charge is -2.28. The highest BCUT2D eigenvalue weighted by Crippen LogP contribution is 2.29. The molecule has 24 heavy (non-hydrogen) atoms. The SMILES string of the molecule is O=C(O)c1ccc2nc(-c3ncc[nH]3)c(N3CCCCC3)nc2c1. The number of fused-ring (bicyclic) bond motifs is 1. The quantitative estimate of drug-likeness (QED) is 0.769. The molecule has 7 nitrogen and oxygen atoms in total. The van der Waals surface area contributed by atoms with Gasteiger partial charge >= 0.3 is 5.97 Å². The van der Waals surface area contributed by atoms with Gasteiger partial charge in [-0.15, -0.1) is 0 Å². The van der Waals surface area contributed by atoms with Gasteiger partial charge in [0.1, 0.15) is 5.69 Å². The van der Waals surface area contributed by atoms with Gasteiger partial charge in [0.25, 0.3) is 0 Å². The zero-order chi connectivity index (χ0) is 16.5. The van der Waals surface area contributed by atoms with Crippen molar-refractivity contribution in [2.75, 3.05) is 18.0 Å². The van der Waals surface area contributed by atoms with Crippen molar-refractivity contribution in [3.05, 3.63) is 36.2 Å². The fourth-order valence-electron chi connectivity index (χ4n) is 3.06. The predicted molar refractivity (Wildman–Crippen MR) is 90.1 cm³/mol. The number of aromatic amines is 1. The minimum absolute atomic E-state index is 0.215. The van der Waals surface area contributed by atoms with E-state index >= 15 is 0 Å². The number of hydrogen-bond acceptors (Lipinski definition) is 5. The lowest BCUT2D eigenvalue weighted by Crippen LogP contribution is -2.31. The van der Waals surface area contributed by atoms with Gasteiger partial charge in [-0.05, 0) is 37.5 Å². The molecular weight excluding hydrogens is 306 g/mol. The van der Waals surface area contributed by atoms with Gasteiger partial charge in [0.05, 0.1) is 16.6 Å². The zero-order valence-electron chi connectivity index (χ0n) is 13.1. The van der Waals surface area contributed by atoms with Gasteiger partial charge in [0.15, 0.2) is 11.6 Å². The number of nitrogens with one attached hydrogen (secondary N) is 1. The van der Waals surface area contributed by atoms with Crippen molar-refractivity contribution >= 4 is 22.8 Å². The number of aromatic carboxylic acids is 1. The molecule has 0 atom stereocenters. The zero-order valence-corrected chi connectivity index (χ0v) is 13.1. The Morgan fingerprint density at radius 2 is 1.96 bits per heavy atom. The molecule has 0 unspecified atom stereocenters. The molecule has 1 aliphatic rings. The number of H-pyrrole nitrogens is 1. The van der Waals surface area contributed by atoms with Gasteiger partial charge in [0.2, 0.25) is 0 Å². The number of anilines is 1. The molecule has 4 rings (SSSR count). The summed E-state index contributed by atoms with van der Waals surface area (Å²) in [5.74, 6) is 0.473. The molecule has 0 bridgehead atoms. The number of carbonyl (C=O) groups is 1. The van der Waals surface area contributed by atoms with Gasteiger partial charge in [-0.25, -0.2) is 19.7 Å². The smallest absolute Gasteiger partial charge is 0.335 e. The minimum Gasteiger partial charge on any atom is -0.478 e. The van der Waals surface area contributed by atoms with Crippen molar-refractivity contribution in [3.63, 3.8) is 0 Å². The number of aromatic nitrogens is 4. The summed E-state index contributed by atoms with van der Waals surface area (Å²) < 4.78 is 0. The van der Waals surface area contributed by atoms with E-state index in [9.17, 15) is 9.90 Å². The molecule has 0 amide bonds. The molecule has 2 N–H and O–H groups in total. The highest BCUT2D eigenvalue weighted by Gasteiger charge is 2.21. The Morgan fingerprint density at radius 1 is 1.12 bits per heavy atom. The van der Waals surface area contributed by atoms with Crippen LogP contribution < -0.4 is 4.90 Å². The Bertz CT molecular complexity index is 885. The Morgan fingerprint density at radius 3 is 2.67 bits per heavy atom. The lowest BCUT2D eigenvalue weighted by atomic mass is 10.1. The van der Waals surface area contributed by atoms with E-state index in [0.717, 1.165) is 31.7 Å². The van der Waals surface area contributed by atoms with Crippen LogP contribution in [0.2, 0.25) is 0 Å². The highest BCUT2D eigenvalue weighted by atomic mass is 16.4. The average molecular weight is 323 g/mol. The summed E-state index contributed by atoms with van der Waals surface area (Å²) in [7, 11) is 0. The van der Waals surface area contributed by atoms with Crippen LogP contribution in [-0.2, 0) is 0 Å². The van der Waals surface area contributed by atoms with E-state index in [4.69, 9.17) is 9.97 Å². The molecule has 1 aromatic carbocycles. The molecule has 1 fully saturated rings. The molecule has 1 saturated heterocycles. The molecule has 0 spiro atoms. The summed E-state index contributed by atoms with van der Waals surface area (Å²) in [6.45, 7) is 1.85. The van der Waals surface area contributed by atoms with Crippen molar-refractivity contribution in [3.8, 4) is 11.5 Å². The molecule has 3 heterocycles. The van der Waals surface area contributed by atoms with Crippen LogP contribution in [0.5, 0.6) is 0 Å². The number of benzene rings is 1. The molecular formula is C17H17N5O2. The first-order chi connectivity index (χ1) is 11.7. The van der Waals surface area contributed by atoms with Gasteiger partial charge in [-0.2, -0.15) is 0 Å². The molecule has 1 aliphatic heterocycles. The molecule has 2 aromatic heterocycles. The normalized spacial score (nSPS) is 14.9. The number of carboxylic acids is 1. The van der Waals surface area contributed by atoms with Gasteiger partial charge in [-0.1, -0.05) is 0 Å². The molecule has 0 aliphatic carbocycles. The Hall–Kier alpha value is -2.96. The second kappa shape index (κ2) is 5.92. The average Bonchev–Trinajstić information content (AvgIpc) is 3.15. The van der Waals surface area contributed by atoms with Crippen molar-refractivity contribution in [1.82, 2.24) is 19.9 Å². The third kappa shape index (κ3) is 2.58. The van der Waals surface area contributed by atoms with Gasteiger partial charge < -0.3 is 15.0 Å². The van der Waals surface area contributed by atoms with Crippen molar-refractivity contribution in [2.24, 2.45) is 0 Å². The molecule has 122 valence electrons. The number of imidazole rings is 1. The monoisotopic (exact) mass is 323 g/mol. The largest absolute Gasteiger partial charge is 0.478 e. The minimum atomic E-state index is -0.965. The maximum atomic E-state index is 11.2. The van der Waals surface area contributed by atoms with Crippen LogP contribution in [0.15, 0.2) is 30.6 Å². The fraction of sp³-hybridized carbons (Fsp3) is 0.294. The molecule has 0 radical (unpaired) electrons. The second-order valence-corrected chi connectivity index (χ2v) is 5.89. The van der Waals surface area contributed by atoms with E-state index in [0.29, 0.717) is 22.6 Å². The van der Waals surface area contributed by atoms with Crippen LogP contribution >= 0.6 is 0 Å². The third-order valence-electron chi connectivity index (χ3n) is 4.27. The Labute approximate surface area is 138 Å². The maximum Gasteiger partial charge on any atom is 0.335 e. The summed E-state index contributed by atoms with van der Waals surface area (Å²) in [5, 5.41) is 9.19. The summed E-state index contributed by atoms with van der Waals surface area (Å²) in [5.41, 5.74) is 2.17. The summed E-state index contributed by atoms with van der Waals surface area (Å²) >= 11 is 0. The first kappa shape index (κ1) is 14.6. The van der Waals surface area contributed by atoms with E-state index in [-0.39, 0.29) is 5.56 Å². The summed E-state index contributed by atoms with van der Waals surface area (Å²) in [6, 6.07) is 4.81.